The number of benzene rings is 1. The third-order valence-corrected chi connectivity index (χ3v) is 2.32. The lowest BCUT2D eigenvalue weighted by molar-refractivity contribution is 0.0862. The number of fused-ring (bicyclic) bond motifs is 1. The number of rotatable bonds is 2. The van der Waals surface area contributed by atoms with Gasteiger partial charge in [-0.1, -0.05) is 24.3 Å². The van der Waals surface area contributed by atoms with Crippen molar-refractivity contribution in [3.05, 3.63) is 35.4 Å². The Kier molecular flexibility index (Phi) is 2.41. The highest BCUT2D eigenvalue weighted by atomic mass is 16.2. The molecule has 0 saturated carbocycles. The normalized spacial score (nSPS) is 15.0. The highest BCUT2D eigenvalue weighted by Crippen LogP contribution is 2.21. The second kappa shape index (κ2) is 3.74. The third-order valence-electron chi connectivity index (χ3n) is 2.32. The van der Waals surface area contributed by atoms with Crippen LogP contribution in [0.5, 0.6) is 0 Å². The molecule has 1 aromatic carbocycles. The van der Waals surface area contributed by atoms with Gasteiger partial charge in [-0.05, 0) is 0 Å². The van der Waals surface area contributed by atoms with E-state index in [1.165, 1.54) is 0 Å². The Morgan fingerprint density at radius 1 is 1.12 bits per heavy atom. The molecule has 16 heavy (non-hydrogen) atoms. The predicted molar refractivity (Wildman–Crippen MR) is 54.7 cm³/mol. The Bertz CT molecular complexity index is 449. The summed E-state index contributed by atoms with van der Waals surface area (Å²) in [6.45, 7) is 0. The lowest BCUT2D eigenvalue weighted by Crippen LogP contribution is -2.51. The maximum Gasteiger partial charge on any atom is 0.326 e. The number of carbonyl (C=O) groups excluding carboxylic acids is 3. The molecule has 0 aromatic heterocycles. The summed E-state index contributed by atoms with van der Waals surface area (Å²) in [5.41, 5.74) is 9.88. The minimum atomic E-state index is -1.08. The van der Waals surface area contributed by atoms with Crippen LogP contribution in [0.4, 0.5) is 4.79 Å². The molecule has 1 aromatic rings. The Morgan fingerprint density at radius 3 is 2.06 bits per heavy atom. The molecule has 0 bridgehead atoms. The van der Waals surface area contributed by atoms with Gasteiger partial charge in [0.2, 0.25) is 0 Å². The van der Waals surface area contributed by atoms with E-state index in [1.54, 1.807) is 24.3 Å². The van der Waals surface area contributed by atoms with Crippen LogP contribution in [0.2, 0.25) is 0 Å². The first kappa shape index (κ1) is 10.3. The molecular formula is C10H9N3O3. The quantitative estimate of drug-likeness (QED) is 0.465. The molecule has 6 nitrogen and oxygen atoms in total. The molecule has 0 heterocycles. The van der Waals surface area contributed by atoms with Crippen LogP contribution in [0.3, 0.4) is 0 Å². The summed E-state index contributed by atoms with van der Waals surface area (Å²) < 4.78 is 0. The van der Waals surface area contributed by atoms with Gasteiger partial charge < -0.3 is 5.73 Å². The monoisotopic (exact) mass is 219 g/mol. The van der Waals surface area contributed by atoms with E-state index in [9.17, 15) is 14.4 Å². The van der Waals surface area contributed by atoms with E-state index in [-0.39, 0.29) is 11.6 Å². The average molecular weight is 219 g/mol. The number of carbonyl (C=O) groups is 3. The van der Waals surface area contributed by atoms with Gasteiger partial charge >= 0.3 is 6.03 Å². The second-order valence-electron chi connectivity index (χ2n) is 3.34. The molecule has 0 unspecified atom stereocenters. The van der Waals surface area contributed by atoms with Crippen LogP contribution in [0.25, 0.3) is 0 Å². The molecule has 82 valence electrons. The van der Waals surface area contributed by atoms with Gasteiger partial charge in [0.1, 0.15) is 0 Å². The number of primary amides is 1. The molecule has 6 heteroatoms. The van der Waals surface area contributed by atoms with Gasteiger partial charge in [-0.2, -0.15) is 0 Å². The van der Waals surface area contributed by atoms with Crippen molar-refractivity contribution in [2.24, 2.45) is 5.73 Å². The van der Waals surface area contributed by atoms with Gasteiger partial charge in [0.15, 0.2) is 17.6 Å². The largest absolute Gasteiger partial charge is 0.351 e. The summed E-state index contributed by atoms with van der Waals surface area (Å²) in [4.78, 5) is 34.0. The van der Waals surface area contributed by atoms with E-state index >= 15 is 0 Å². The molecule has 2 rings (SSSR count). The van der Waals surface area contributed by atoms with Crippen molar-refractivity contribution in [2.75, 3.05) is 0 Å². The first-order chi connectivity index (χ1) is 7.61. The summed E-state index contributed by atoms with van der Waals surface area (Å²) in [5.74, 6) is -0.733. The van der Waals surface area contributed by atoms with Gasteiger partial charge in [0.05, 0.1) is 0 Å². The Labute approximate surface area is 90.8 Å². The van der Waals surface area contributed by atoms with Gasteiger partial charge in [-0.15, -0.1) is 0 Å². The van der Waals surface area contributed by atoms with E-state index in [4.69, 9.17) is 5.73 Å². The average Bonchev–Trinajstić information content (AvgIpc) is 2.50. The zero-order chi connectivity index (χ0) is 11.7. The van der Waals surface area contributed by atoms with Crippen molar-refractivity contribution >= 4 is 17.6 Å². The number of hydrazine groups is 1. The fraction of sp³-hybridized carbons (Fsp3) is 0.100. The number of hydrogen-bond donors (Lipinski definition) is 3. The summed E-state index contributed by atoms with van der Waals surface area (Å²) in [7, 11) is 0. The SMILES string of the molecule is NC(=O)NNC1C(=O)c2ccccc2C1=O. The molecule has 0 radical (unpaired) electrons. The highest BCUT2D eigenvalue weighted by molar-refractivity contribution is 6.29. The smallest absolute Gasteiger partial charge is 0.326 e. The zero-order valence-corrected chi connectivity index (χ0v) is 8.19. The minimum Gasteiger partial charge on any atom is -0.351 e. The van der Waals surface area contributed by atoms with E-state index in [0.717, 1.165) is 0 Å². The number of nitrogens with two attached hydrogens (primary N) is 1. The molecule has 0 aliphatic heterocycles. The van der Waals surface area contributed by atoms with Crippen molar-refractivity contribution < 1.29 is 14.4 Å². The standard InChI is InChI=1S/C10H9N3O3/c11-10(16)13-12-7-8(14)5-3-1-2-4-6(5)9(7)15/h1-4,7,12H,(H3,11,13,16). The number of Topliss-reactive ketones (excluding diaryl/α,β-unsaturated/α-hetero) is 2. The van der Waals surface area contributed by atoms with Crippen molar-refractivity contribution in [2.45, 2.75) is 6.04 Å². The van der Waals surface area contributed by atoms with E-state index in [0.29, 0.717) is 11.1 Å². The molecular weight excluding hydrogens is 210 g/mol. The van der Waals surface area contributed by atoms with Crippen LogP contribution < -0.4 is 16.6 Å². The van der Waals surface area contributed by atoms with Crippen LogP contribution in [0.1, 0.15) is 20.7 Å². The van der Waals surface area contributed by atoms with Gasteiger partial charge in [0.25, 0.3) is 0 Å². The van der Waals surface area contributed by atoms with Gasteiger partial charge in [-0.25, -0.2) is 10.2 Å². The lowest BCUT2D eigenvalue weighted by Gasteiger charge is -2.08. The van der Waals surface area contributed by atoms with Gasteiger partial charge in [-0.3, -0.25) is 15.0 Å². The number of hydrogen-bond acceptors (Lipinski definition) is 4. The highest BCUT2D eigenvalue weighted by Gasteiger charge is 2.38. The Hall–Kier alpha value is -2.21. The van der Waals surface area contributed by atoms with E-state index < -0.39 is 12.1 Å². The summed E-state index contributed by atoms with van der Waals surface area (Å²) in [6, 6.07) is 4.56. The Balaban J connectivity index is 2.25. The van der Waals surface area contributed by atoms with E-state index in [1.807, 2.05) is 5.43 Å². The van der Waals surface area contributed by atoms with Crippen molar-refractivity contribution in [3.8, 4) is 0 Å². The van der Waals surface area contributed by atoms with Crippen molar-refractivity contribution in [1.82, 2.24) is 10.9 Å². The molecule has 1 aliphatic carbocycles. The van der Waals surface area contributed by atoms with E-state index in [2.05, 4.69) is 5.43 Å². The number of ketones is 2. The molecule has 0 saturated heterocycles. The number of urea groups is 1. The van der Waals surface area contributed by atoms with Gasteiger partial charge in [0, 0.05) is 11.1 Å². The maximum absolute atomic E-state index is 11.7. The van der Waals surface area contributed by atoms with Crippen LogP contribution >= 0.6 is 0 Å². The fourth-order valence-electron chi connectivity index (χ4n) is 1.62. The summed E-state index contributed by atoms with van der Waals surface area (Å²) in [5, 5.41) is 0. The van der Waals surface area contributed by atoms with Crippen molar-refractivity contribution in [1.29, 1.82) is 0 Å². The summed E-state index contributed by atoms with van der Waals surface area (Å²) in [6.07, 6.45) is 0. The first-order valence-corrected chi connectivity index (χ1v) is 4.59. The molecule has 2 amide bonds. The molecule has 0 fully saturated rings. The Morgan fingerprint density at radius 2 is 1.62 bits per heavy atom. The third kappa shape index (κ3) is 1.55. The number of nitrogens with one attached hydrogen (secondary N) is 2. The van der Waals surface area contributed by atoms with Crippen LogP contribution in [-0.2, 0) is 0 Å². The lowest BCUT2D eigenvalue weighted by atomic mass is 10.1. The maximum atomic E-state index is 11.7. The molecule has 1 aliphatic rings. The second-order valence-corrected chi connectivity index (χ2v) is 3.34. The van der Waals surface area contributed by atoms with Crippen LogP contribution in [0, 0.1) is 0 Å². The van der Waals surface area contributed by atoms with Crippen molar-refractivity contribution in [3.63, 3.8) is 0 Å². The molecule has 4 N–H and O–H groups in total. The van der Waals surface area contributed by atoms with Crippen LogP contribution in [-0.4, -0.2) is 23.6 Å². The minimum absolute atomic E-state index is 0.358. The molecule has 0 spiro atoms. The molecule has 0 atom stereocenters. The van der Waals surface area contributed by atoms with Crippen LogP contribution in [0.15, 0.2) is 24.3 Å². The fourth-order valence-corrected chi connectivity index (χ4v) is 1.62. The zero-order valence-electron chi connectivity index (χ0n) is 8.19. The topological polar surface area (TPSA) is 101 Å². The predicted octanol–water partition coefficient (Wildman–Crippen LogP) is -0.393. The summed E-state index contributed by atoms with van der Waals surface area (Å²) >= 11 is 0. The number of amides is 2. The first-order valence-electron chi connectivity index (χ1n) is 4.59.